The maximum Gasteiger partial charge on any atom is 0.127 e. The lowest BCUT2D eigenvalue weighted by Gasteiger charge is -2.25. The minimum Gasteiger partial charge on any atom is -0.507 e. The smallest absolute Gasteiger partial charge is 0.127 e. The lowest BCUT2D eigenvalue weighted by atomic mass is 9.87. The highest BCUT2D eigenvalue weighted by Gasteiger charge is 2.37. The molecule has 172 valence electrons. The summed E-state index contributed by atoms with van der Waals surface area (Å²) in [5.41, 5.74) is 4.17. The molecule has 0 aliphatic carbocycles. The maximum absolute atomic E-state index is 10.4. The van der Waals surface area contributed by atoms with E-state index >= 15 is 0 Å². The molecular weight excluding hydrogens is 368 g/mol. The first-order valence-electron chi connectivity index (χ1n) is 12.5. The third-order valence-corrected chi connectivity index (χ3v) is 7.51. The highest BCUT2D eigenvalue weighted by atomic mass is 16.5. The van der Waals surface area contributed by atoms with Crippen molar-refractivity contribution < 1.29 is 9.84 Å². The number of aromatic hydroxyl groups is 1. The standard InChI is InChI=1S/C28H48O2/c1-19(2)12-9-13-20(3)14-10-15-21(4)16-11-17-28(8)18-25-24(7)26(29)22(5)23(6)27(25)30-28/h19-21,29H,9-18H2,1-8H3/t20-,21+,28-/m1/s1. The summed E-state index contributed by atoms with van der Waals surface area (Å²) in [5.74, 6) is 4.01. The average molecular weight is 417 g/mol. The quantitative estimate of drug-likeness (QED) is 0.370. The number of hydrogen-bond donors (Lipinski definition) is 1. The molecule has 1 aromatic rings. The van der Waals surface area contributed by atoms with E-state index in [1.54, 1.807) is 0 Å². The lowest BCUT2D eigenvalue weighted by molar-refractivity contribution is 0.0997. The van der Waals surface area contributed by atoms with Gasteiger partial charge in [-0.2, -0.15) is 0 Å². The van der Waals surface area contributed by atoms with Gasteiger partial charge in [-0.25, -0.2) is 0 Å². The van der Waals surface area contributed by atoms with Crippen molar-refractivity contribution in [3.8, 4) is 11.5 Å². The Kier molecular flexibility index (Phi) is 9.13. The Bertz CT molecular complexity index is 652. The van der Waals surface area contributed by atoms with Gasteiger partial charge in [-0.15, -0.1) is 0 Å². The van der Waals surface area contributed by atoms with E-state index in [0.717, 1.165) is 53.0 Å². The molecule has 0 aromatic heterocycles. The molecule has 0 saturated heterocycles. The highest BCUT2D eigenvalue weighted by molar-refractivity contribution is 5.59. The molecule has 0 radical (unpaired) electrons. The van der Waals surface area contributed by atoms with Gasteiger partial charge in [-0.1, -0.05) is 72.6 Å². The molecule has 1 aliphatic rings. The Labute approximate surface area is 186 Å². The van der Waals surface area contributed by atoms with Crippen LogP contribution >= 0.6 is 0 Å². The molecule has 2 heteroatoms. The van der Waals surface area contributed by atoms with Gasteiger partial charge < -0.3 is 9.84 Å². The van der Waals surface area contributed by atoms with Crippen LogP contribution in [0.15, 0.2) is 0 Å². The fourth-order valence-corrected chi connectivity index (χ4v) is 5.12. The summed E-state index contributed by atoms with van der Waals surface area (Å²) in [7, 11) is 0. The van der Waals surface area contributed by atoms with Crippen LogP contribution in [-0.2, 0) is 6.42 Å². The molecule has 0 spiro atoms. The number of benzene rings is 1. The summed E-state index contributed by atoms with van der Waals surface area (Å²) in [6.45, 7) is 17.9. The second kappa shape index (κ2) is 10.9. The molecule has 30 heavy (non-hydrogen) atoms. The molecule has 3 atom stereocenters. The highest BCUT2D eigenvalue weighted by Crippen LogP contribution is 2.46. The van der Waals surface area contributed by atoms with Crippen LogP contribution in [0.3, 0.4) is 0 Å². The number of phenols is 1. The van der Waals surface area contributed by atoms with Gasteiger partial charge in [0.15, 0.2) is 0 Å². The van der Waals surface area contributed by atoms with Crippen LogP contribution < -0.4 is 4.74 Å². The predicted octanol–water partition coefficient (Wildman–Crippen LogP) is 8.45. The molecule has 2 nitrogen and oxygen atoms in total. The molecule has 0 bridgehead atoms. The van der Waals surface area contributed by atoms with Crippen LogP contribution in [0.4, 0.5) is 0 Å². The van der Waals surface area contributed by atoms with E-state index in [1.807, 2.05) is 13.8 Å². The van der Waals surface area contributed by atoms with E-state index in [0.29, 0.717) is 5.75 Å². The van der Waals surface area contributed by atoms with Crippen molar-refractivity contribution in [2.75, 3.05) is 0 Å². The minimum atomic E-state index is -0.122. The van der Waals surface area contributed by atoms with Gasteiger partial charge in [-0.3, -0.25) is 0 Å². The molecule has 0 saturated carbocycles. The average Bonchev–Trinajstić information content (AvgIpc) is 3.02. The van der Waals surface area contributed by atoms with Crippen LogP contribution in [-0.4, -0.2) is 10.7 Å². The third-order valence-electron chi connectivity index (χ3n) is 7.51. The first-order valence-corrected chi connectivity index (χ1v) is 12.5. The van der Waals surface area contributed by atoms with Crippen LogP contribution in [0.25, 0.3) is 0 Å². The zero-order valence-electron chi connectivity index (χ0n) is 21.2. The Morgan fingerprint density at radius 3 is 1.90 bits per heavy atom. The van der Waals surface area contributed by atoms with Gasteiger partial charge in [0.05, 0.1) is 0 Å². The van der Waals surface area contributed by atoms with Crippen molar-refractivity contribution in [2.45, 2.75) is 125 Å². The van der Waals surface area contributed by atoms with Crippen molar-refractivity contribution in [2.24, 2.45) is 17.8 Å². The monoisotopic (exact) mass is 416 g/mol. The van der Waals surface area contributed by atoms with E-state index in [1.165, 1.54) is 56.9 Å². The first-order chi connectivity index (χ1) is 14.0. The Hall–Kier alpha value is -1.18. The van der Waals surface area contributed by atoms with Crippen LogP contribution in [0.5, 0.6) is 11.5 Å². The van der Waals surface area contributed by atoms with Crippen molar-refractivity contribution >= 4 is 0 Å². The molecule has 1 aliphatic heterocycles. The number of hydrogen-bond acceptors (Lipinski definition) is 2. The normalized spacial score (nSPS) is 20.3. The van der Waals surface area contributed by atoms with E-state index in [-0.39, 0.29) is 5.60 Å². The molecular formula is C28H48O2. The molecule has 1 heterocycles. The topological polar surface area (TPSA) is 29.5 Å². The van der Waals surface area contributed by atoms with E-state index in [4.69, 9.17) is 4.74 Å². The van der Waals surface area contributed by atoms with Gasteiger partial charge in [-0.05, 0) is 75.0 Å². The third kappa shape index (κ3) is 6.66. The van der Waals surface area contributed by atoms with Crippen LogP contribution in [0, 0.1) is 38.5 Å². The van der Waals surface area contributed by atoms with E-state index in [9.17, 15) is 5.11 Å². The van der Waals surface area contributed by atoms with E-state index < -0.39 is 0 Å². The summed E-state index contributed by atoms with van der Waals surface area (Å²) >= 11 is 0. The second-order valence-corrected chi connectivity index (χ2v) is 11.1. The molecule has 2 rings (SSSR count). The zero-order valence-corrected chi connectivity index (χ0v) is 21.2. The molecule has 1 N–H and O–H groups in total. The zero-order chi connectivity index (χ0) is 22.5. The summed E-state index contributed by atoms with van der Waals surface area (Å²) in [5, 5.41) is 10.4. The van der Waals surface area contributed by atoms with Crippen LogP contribution in [0.1, 0.15) is 115 Å². The number of rotatable bonds is 12. The maximum atomic E-state index is 10.4. The molecule has 0 amide bonds. The fourth-order valence-electron chi connectivity index (χ4n) is 5.12. The van der Waals surface area contributed by atoms with Gasteiger partial charge in [0.2, 0.25) is 0 Å². The molecule has 0 fully saturated rings. The lowest BCUT2D eigenvalue weighted by Crippen LogP contribution is -2.30. The number of fused-ring (bicyclic) bond motifs is 1. The number of phenolic OH excluding ortho intramolecular Hbond substituents is 1. The van der Waals surface area contributed by atoms with Gasteiger partial charge in [0.25, 0.3) is 0 Å². The van der Waals surface area contributed by atoms with Crippen molar-refractivity contribution in [1.29, 1.82) is 0 Å². The molecule has 1 aromatic carbocycles. The Morgan fingerprint density at radius 2 is 1.33 bits per heavy atom. The first kappa shape index (κ1) is 25.1. The van der Waals surface area contributed by atoms with Crippen LogP contribution in [0.2, 0.25) is 0 Å². The van der Waals surface area contributed by atoms with Crippen molar-refractivity contribution in [3.05, 3.63) is 22.3 Å². The second-order valence-electron chi connectivity index (χ2n) is 11.1. The number of ether oxygens (including phenoxy) is 1. The largest absolute Gasteiger partial charge is 0.507 e. The van der Waals surface area contributed by atoms with E-state index in [2.05, 4.69) is 41.5 Å². The SMILES string of the molecule is Cc1c(C)c2c(c(C)c1O)C[C@@](C)(CCC[C@@H](C)CCC[C@H](C)CCCC(C)C)O2. The van der Waals surface area contributed by atoms with Gasteiger partial charge >= 0.3 is 0 Å². The summed E-state index contributed by atoms with van der Waals surface area (Å²) in [4.78, 5) is 0. The Morgan fingerprint density at radius 1 is 0.800 bits per heavy atom. The summed E-state index contributed by atoms with van der Waals surface area (Å²) in [6.07, 6.45) is 12.8. The summed E-state index contributed by atoms with van der Waals surface area (Å²) in [6, 6.07) is 0. The minimum absolute atomic E-state index is 0.122. The Balaban J connectivity index is 1.71. The summed E-state index contributed by atoms with van der Waals surface area (Å²) < 4.78 is 6.48. The predicted molar refractivity (Wildman–Crippen MR) is 130 cm³/mol. The van der Waals surface area contributed by atoms with Gasteiger partial charge in [0, 0.05) is 12.0 Å². The van der Waals surface area contributed by atoms with Crippen molar-refractivity contribution in [3.63, 3.8) is 0 Å². The van der Waals surface area contributed by atoms with Gasteiger partial charge in [0.1, 0.15) is 17.1 Å². The molecule has 0 unspecified atom stereocenters. The fraction of sp³-hybridized carbons (Fsp3) is 0.786. The van der Waals surface area contributed by atoms with Crippen molar-refractivity contribution in [1.82, 2.24) is 0 Å².